The Hall–Kier alpha value is -3.35. The minimum Gasteiger partial charge on any atom is -0.384 e. The maximum atomic E-state index is 6.01. The molecule has 0 aliphatic carbocycles. The van der Waals surface area contributed by atoms with Gasteiger partial charge < -0.3 is 21.0 Å². The molecule has 0 unspecified atom stereocenters. The number of imidazole rings is 1. The molecular weight excluding hydrogens is 396 g/mol. The lowest BCUT2D eigenvalue weighted by atomic mass is 10.1. The summed E-state index contributed by atoms with van der Waals surface area (Å²) < 4.78 is 0. The van der Waals surface area contributed by atoms with Gasteiger partial charge in [0.15, 0.2) is 5.65 Å². The van der Waals surface area contributed by atoms with Crippen LogP contribution in [0.15, 0.2) is 54.6 Å². The van der Waals surface area contributed by atoms with Crippen molar-refractivity contribution in [1.29, 1.82) is 0 Å². The fraction of sp³-hybridized carbons (Fsp3) is 0.130. The fourth-order valence-electron chi connectivity index (χ4n) is 3.73. The first-order valence-corrected chi connectivity index (χ1v) is 10.1. The van der Waals surface area contributed by atoms with E-state index < -0.39 is 0 Å². The second-order valence-corrected chi connectivity index (χ2v) is 7.89. The smallest absolute Gasteiger partial charge is 0.180 e. The molecule has 5 rings (SSSR count). The maximum absolute atomic E-state index is 6.01. The molecule has 3 aromatic heterocycles. The fourth-order valence-corrected chi connectivity index (χ4v) is 3.85. The number of H-pyrrole nitrogens is 2. The third-order valence-corrected chi connectivity index (χ3v) is 5.40. The van der Waals surface area contributed by atoms with Crippen molar-refractivity contribution in [2.75, 3.05) is 5.73 Å². The number of pyridine rings is 1. The van der Waals surface area contributed by atoms with Crippen LogP contribution in [-0.2, 0) is 13.1 Å². The van der Waals surface area contributed by atoms with E-state index >= 15 is 0 Å². The van der Waals surface area contributed by atoms with Crippen molar-refractivity contribution < 1.29 is 0 Å². The quantitative estimate of drug-likeness (QED) is 0.326. The highest BCUT2D eigenvalue weighted by Crippen LogP contribution is 2.30. The number of hydrogen-bond donors (Lipinski definition) is 4. The summed E-state index contributed by atoms with van der Waals surface area (Å²) in [6.07, 6.45) is 0. The van der Waals surface area contributed by atoms with Crippen molar-refractivity contribution in [1.82, 2.24) is 25.3 Å². The van der Waals surface area contributed by atoms with Crippen molar-refractivity contribution in [3.63, 3.8) is 0 Å². The number of rotatable bonds is 5. The van der Waals surface area contributed by atoms with Crippen LogP contribution in [0.4, 0.5) is 5.82 Å². The molecule has 0 bridgehead atoms. The molecule has 0 atom stereocenters. The van der Waals surface area contributed by atoms with Gasteiger partial charge in [-0.15, -0.1) is 0 Å². The predicted molar refractivity (Wildman–Crippen MR) is 122 cm³/mol. The highest BCUT2D eigenvalue weighted by Gasteiger charge is 2.13. The van der Waals surface area contributed by atoms with Gasteiger partial charge in [0, 0.05) is 40.3 Å². The molecule has 2 aromatic carbocycles. The van der Waals surface area contributed by atoms with E-state index in [2.05, 4.69) is 49.5 Å². The molecule has 0 amide bonds. The Bertz CT molecular complexity index is 1350. The van der Waals surface area contributed by atoms with E-state index in [1.165, 1.54) is 11.1 Å². The van der Waals surface area contributed by atoms with E-state index in [9.17, 15) is 0 Å². The molecule has 0 spiro atoms. The van der Waals surface area contributed by atoms with Crippen LogP contribution in [0.2, 0.25) is 5.02 Å². The summed E-state index contributed by atoms with van der Waals surface area (Å²) >= 11 is 5.95. The topological polar surface area (TPSA) is 95.4 Å². The van der Waals surface area contributed by atoms with Crippen LogP contribution in [0, 0.1) is 6.92 Å². The molecule has 0 fully saturated rings. The van der Waals surface area contributed by atoms with E-state index in [-0.39, 0.29) is 0 Å². The number of fused-ring (bicyclic) bond motifs is 2. The summed E-state index contributed by atoms with van der Waals surface area (Å²) in [6, 6.07) is 18.4. The lowest BCUT2D eigenvalue weighted by molar-refractivity contribution is 0.694. The van der Waals surface area contributed by atoms with Gasteiger partial charge in [-0.25, -0.2) is 9.97 Å². The third-order valence-electron chi connectivity index (χ3n) is 5.15. The van der Waals surface area contributed by atoms with Crippen molar-refractivity contribution in [3.05, 3.63) is 76.6 Å². The van der Waals surface area contributed by atoms with Crippen LogP contribution in [0.1, 0.15) is 17.0 Å². The number of nitrogens with one attached hydrogen (secondary N) is 3. The zero-order valence-electron chi connectivity index (χ0n) is 16.5. The number of nitrogen functional groups attached to an aromatic ring is 1. The Labute approximate surface area is 178 Å². The molecule has 0 saturated carbocycles. The first-order chi connectivity index (χ1) is 14.5. The number of hydrogen-bond acceptors (Lipinski definition) is 4. The second-order valence-electron chi connectivity index (χ2n) is 7.45. The summed E-state index contributed by atoms with van der Waals surface area (Å²) in [5, 5.41) is 5.39. The molecule has 0 aliphatic heterocycles. The summed E-state index contributed by atoms with van der Waals surface area (Å²) in [6.45, 7) is 3.49. The minimum absolute atomic E-state index is 0.453. The van der Waals surface area contributed by atoms with Gasteiger partial charge >= 0.3 is 0 Å². The van der Waals surface area contributed by atoms with Gasteiger partial charge in [0.2, 0.25) is 0 Å². The van der Waals surface area contributed by atoms with Gasteiger partial charge in [-0.3, -0.25) is 0 Å². The number of nitrogens with zero attached hydrogens (tertiary/aromatic N) is 2. The van der Waals surface area contributed by atoms with Crippen LogP contribution in [0.3, 0.4) is 0 Å². The summed E-state index contributed by atoms with van der Waals surface area (Å²) in [7, 11) is 0. The Balaban J connectivity index is 1.40. The monoisotopic (exact) mass is 416 g/mol. The molecular formula is C23H21ClN6. The molecule has 30 heavy (non-hydrogen) atoms. The van der Waals surface area contributed by atoms with Crippen molar-refractivity contribution in [3.8, 4) is 11.3 Å². The maximum Gasteiger partial charge on any atom is 0.180 e. The molecule has 3 heterocycles. The lowest BCUT2D eigenvalue weighted by Gasteiger charge is -2.05. The predicted octanol–water partition coefficient (Wildman–Crippen LogP) is 4.94. The number of aromatic amines is 2. The van der Waals surface area contributed by atoms with Gasteiger partial charge in [0.05, 0.1) is 5.52 Å². The van der Waals surface area contributed by atoms with E-state index in [0.717, 1.165) is 51.6 Å². The lowest BCUT2D eigenvalue weighted by Crippen LogP contribution is -2.12. The second kappa shape index (κ2) is 7.48. The van der Waals surface area contributed by atoms with E-state index in [4.69, 9.17) is 17.3 Å². The van der Waals surface area contributed by atoms with Crippen LogP contribution in [0.5, 0.6) is 0 Å². The number of aryl methyl sites for hydroxylation is 1. The first-order valence-electron chi connectivity index (χ1n) is 9.75. The number of nitrogens with two attached hydrogens (primary N) is 1. The number of anilines is 1. The number of benzene rings is 2. The van der Waals surface area contributed by atoms with Crippen LogP contribution >= 0.6 is 11.6 Å². The third kappa shape index (κ3) is 3.63. The molecule has 5 N–H and O–H groups in total. The van der Waals surface area contributed by atoms with Gasteiger partial charge in [-0.2, -0.15) is 0 Å². The molecule has 0 saturated heterocycles. The van der Waals surface area contributed by atoms with E-state index in [1.807, 2.05) is 37.3 Å². The van der Waals surface area contributed by atoms with Crippen molar-refractivity contribution in [2.45, 2.75) is 20.0 Å². The average molecular weight is 417 g/mol. The zero-order chi connectivity index (χ0) is 20.7. The van der Waals surface area contributed by atoms with Crippen molar-refractivity contribution >= 4 is 39.5 Å². The molecule has 150 valence electrons. The van der Waals surface area contributed by atoms with Crippen LogP contribution < -0.4 is 11.1 Å². The highest BCUT2D eigenvalue weighted by molar-refractivity contribution is 6.30. The Kier molecular flexibility index (Phi) is 4.65. The average Bonchev–Trinajstić information content (AvgIpc) is 3.31. The first kappa shape index (κ1) is 18.7. The number of halogens is 1. The molecule has 6 nitrogen and oxygen atoms in total. The van der Waals surface area contributed by atoms with Gasteiger partial charge in [0.1, 0.15) is 11.6 Å². The Morgan fingerprint density at radius 3 is 2.53 bits per heavy atom. The highest BCUT2D eigenvalue weighted by atomic mass is 35.5. The largest absolute Gasteiger partial charge is 0.384 e. The molecule has 0 radical (unpaired) electrons. The number of aromatic nitrogens is 4. The van der Waals surface area contributed by atoms with Gasteiger partial charge in [-0.05, 0) is 54.4 Å². The SMILES string of the molecule is Cc1nc2nc(N)cc(-c3cc4cc(CNCc5ccc(Cl)cc5)ccc4[nH]3)c2[nH]1. The summed E-state index contributed by atoms with van der Waals surface area (Å²) in [5.74, 6) is 1.27. The van der Waals surface area contributed by atoms with Crippen LogP contribution in [0.25, 0.3) is 33.3 Å². The van der Waals surface area contributed by atoms with E-state index in [1.54, 1.807) is 0 Å². The Morgan fingerprint density at radius 1 is 0.933 bits per heavy atom. The summed E-state index contributed by atoms with van der Waals surface area (Å²) in [5.41, 5.74) is 13.0. The normalized spacial score (nSPS) is 11.5. The minimum atomic E-state index is 0.453. The zero-order valence-corrected chi connectivity index (χ0v) is 17.2. The van der Waals surface area contributed by atoms with Gasteiger partial charge in [-0.1, -0.05) is 29.8 Å². The van der Waals surface area contributed by atoms with Crippen LogP contribution in [-0.4, -0.2) is 19.9 Å². The molecule has 0 aliphatic rings. The summed E-state index contributed by atoms with van der Waals surface area (Å²) in [4.78, 5) is 15.5. The molecule has 5 aromatic rings. The Morgan fingerprint density at radius 2 is 1.70 bits per heavy atom. The van der Waals surface area contributed by atoms with E-state index in [0.29, 0.717) is 11.5 Å². The standard InChI is InChI=1S/C23H21ClN6/c1-13-27-22-18(10-21(25)30-23(22)28-13)20-9-16-8-15(4-7-19(16)29-20)12-26-11-14-2-5-17(24)6-3-14/h2-10,26,29H,11-12H2,1H3,(H3,25,27,28,30). The molecule has 7 heteroatoms. The van der Waals surface area contributed by atoms with Crippen molar-refractivity contribution in [2.24, 2.45) is 0 Å². The van der Waals surface area contributed by atoms with Gasteiger partial charge in [0.25, 0.3) is 0 Å².